The van der Waals surface area contributed by atoms with Crippen molar-refractivity contribution in [3.05, 3.63) is 56.6 Å². The van der Waals surface area contributed by atoms with Crippen LogP contribution in [0.5, 0.6) is 23.0 Å². The van der Waals surface area contributed by atoms with Gasteiger partial charge in [0.15, 0.2) is 11.5 Å². The number of rotatable bonds is 6. The largest absolute Gasteiger partial charge is 0.495 e. The van der Waals surface area contributed by atoms with Gasteiger partial charge in [0.2, 0.25) is 0 Å². The van der Waals surface area contributed by atoms with E-state index in [0.29, 0.717) is 35.4 Å². The number of carbonyl (C=O) groups excluding carboxylic acids is 2. The number of ether oxygens (including phenoxy) is 4. The van der Waals surface area contributed by atoms with Crippen LogP contribution in [0.1, 0.15) is 73.2 Å². The molecule has 2 bridgehead atoms. The van der Waals surface area contributed by atoms with Gasteiger partial charge in [0.25, 0.3) is 0 Å². The van der Waals surface area contributed by atoms with Gasteiger partial charge < -0.3 is 24.1 Å². The van der Waals surface area contributed by atoms with Crippen LogP contribution in [0.4, 0.5) is 0 Å². The molecule has 9 heteroatoms. The second kappa shape index (κ2) is 10.3. The summed E-state index contributed by atoms with van der Waals surface area (Å²) in [7, 11) is 1.41. The highest BCUT2D eigenvalue weighted by atomic mass is 35.5. The average molecular weight is 575 g/mol. The number of fused-ring (bicyclic) bond motifs is 4. The first-order valence-corrected chi connectivity index (χ1v) is 13.9. The van der Waals surface area contributed by atoms with Crippen molar-refractivity contribution >= 4 is 35.1 Å². The van der Waals surface area contributed by atoms with Crippen molar-refractivity contribution in [2.45, 2.75) is 59.7 Å². The number of hydrogen-bond acceptors (Lipinski definition) is 7. The van der Waals surface area contributed by atoms with Crippen LogP contribution in [0.15, 0.2) is 24.3 Å². The molecule has 5 rings (SSSR count). The zero-order valence-electron chi connectivity index (χ0n) is 22.6. The predicted octanol–water partition coefficient (Wildman–Crippen LogP) is 7.36. The van der Waals surface area contributed by atoms with Crippen molar-refractivity contribution < 1.29 is 33.6 Å². The number of aliphatic hydroxyl groups is 1. The summed E-state index contributed by atoms with van der Waals surface area (Å²) >= 11 is 13.4. The molecule has 7 nitrogen and oxygen atoms in total. The minimum absolute atomic E-state index is 0.0127. The van der Waals surface area contributed by atoms with E-state index in [2.05, 4.69) is 12.2 Å². The summed E-state index contributed by atoms with van der Waals surface area (Å²) in [6.45, 7) is 7.34. The monoisotopic (exact) mass is 574 g/mol. The SMILES string of the molecule is COc1c([C@@H](O)CC(C)C)ccc2c1C(=O)OCc1c(Cl)c(C)c(Cl)c(OC(=O)C3(C)CC4C=CC3C4)c1O2. The van der Waals surface area contributed by atoms with Crippen molar-refractivity contribution in [1.82, 2.24) is 0 Å². The van der Waals surface area contributed by atoms with E-state index in [1.807, 2.05) is 20.8 Å². The lowest BCUT2D eigenvalue weighted by Gasteiger charge is -2.30. The van der Waals surface area contributed by atoms with Crippen LogP contribution in [0.2, 0.25) is 10.0 Å². The number of halogens is 2. The fraction of sp³-hybridized carbons (Fsp3) is 0.467. The van der Waals surface area contributed by atoms with Crippen LogP contribution in [-0.2, 0) is 16.1 Å². The Morgan fingerprint density at radius 1 is 1.21 bits per heavy atom. The Bertz CT molecular complexity index is 1380. The molecule has 2 aromatic carbocycles. The molecule has 1 heterocycles. The Labute approximate surface area is 238 Å². The van der Waals surface area contributed by atoms with Crippen LogP contribution in [-0.4, -0.2) is 24.2 Å². The molecule has 2 aromatic rings. The molecule has 0 aromatic heterocycles. The molecule has 1 N–H and O–H groups in total. The zero-order valence-corrected chi connectivity index (χ0v) is 24.1. The van der Waals surface area contributed by atoms with Gasteiger partial charge in [0, 0.05) is 5.56 Å². The molecule has 0 amide bonds. The summed E-state index contributed by atoms with van der Waals surface area (Å²) in [5.41, 5.74) is 0.568. The molecule has 4 atom stereocenters. The lowest BCUT2D eigenvalue weighted by Crippen LogP contribution is -2.35. The third kappa shape index (κ3) is 4.68. The molecule has 208 valence electrons. The second-order valence-electron chi connectivity index (χ2n) is 11.3. The van der Waals surface area contributed by atoms with Crippen LogP contribution in [0.25, 0.3) is 0 Å². The lowest BCUT2D eigenvalue weighted by molar-refractivity contribution is -0.146. The normalized spacial score (nSPS) is 23.9. The van der Waals surface area contributed by atoms with Gasteiger partial charge in [-0.05, 0) is 68.6 Å². The molecule has 0 radical (unpaired) electrons. The van der Waals surface area contributed by atoms with Crippen molar-refractivity contribution in [3.63, 3.8) is 0 Å². The van der Waals surface area contributed by atoms with Gasteiger partial charge in [0.05, 0.1) is 34.2 Å². The maximum atomic E-state index is 13.6. The van der Waals surface area contributed by atoms with Gasteiger partial charge >= 0.3 is 11.9 Å². The van der Waals surface area contributed by atoms with E-state index in [0.717, 1.165) is 6.42 Å². The molecule has 2 aliphatic carbocycles. The maximum Gasteiger partial charge on any atom is 0.346 e. The Morgan fingerprint density at radius 2 is 1.95 bits per heavy atom. The molecule has 1 saturated carbocycles. The van der Waals surface area contributed by atoms with Crippen LogP contribution < -0.4 is 14.2 Å². The molecule has 3 aliphatic rings. The first-order chi connectivity index (χ1) is 18.5. The number of aliphatic hydroxyl groups excluding tert-OH is 1. The fourth-order valence-corrected chi connectivity index (χ4v) is 6.43. The molecule has 39 heavy (non-hydrogen) atoms. The number of cyclic esters (lactones) is 1. The Morgan fingerprint density at radius 3 is 2.56 bits per heavy atom. The van der Waals surface area contributed by atoms with Gasteiger partial charge in [0.1, 0.15) is 23.7 Å². The average Bonchev–Trinajstić information content (AvgIpc) is 3.48. The molecule has 1 aliphatic heterocycles. The van der Waals surface area contributed by atoms with E-state index in [9.17, 15) is 14.7 Å². The van der Waals surface area contributed by atoms with Crippen LogP contribution >= 0.6 is 23.2 Å². The topological polar surface area (TPSA) is 91.3 Å². The minimum atomic E-state index is -0.865. The number of carbonyl (C=O) groups is 2. The molecule has 1 fully saturated rings. The number of esters is 2. The van der Waals surface area contributed by atoms with Gasteiger partial charge in [-0.15, -0.1) is 0 Å². The van der Waals surface area contributed by atoms with Crippen molar-refractivity contribution in [2.24, 2.45) is 23.2 Å². The van der Waals surface area contributed by atoms with Crippen molar-refractivity contribution in [3.8, 4) is 23.0 Å². The standard InChI is InChI=1S/C30H32Cl2O7/c1-14(2)10-20(33)18-8-9-21-22(25(18)36-5)28(34)37-13-19-23(31)15(3)24(32)27(26(19)38-21)39-29(35)30(4)12-16-6-7-17(30)11-16/h6-9,14,16-17,20,33H,10-13H2,1-5H3/t16?,17?,20-,30?/m0/s1. The van der Waals surface area contributed by atoms with E-state index in [1.165, 1.54) is 7.11 Å². The summed E-state index contributed by atoms with van der Waals surface area (Å²) in [5.74, 6) is -0.0847. The highest BCUT2D eigenvalue weighted by Crippen LogP contribution is 2.55. The first kappa shape index (κ1) is 27.8. The van der Waals surface area contributed by atoms with Crippen molar-refractivity contribution in [1.29, 1.82) is 0 Å². The quantitative estimate of drug-likeness (QED) is 0.219. The molecular weight excluding hydrogens is 543 g/mol. The summed E-state index contributed by atoms with van der Waals surface area (Å²) in [5, 5.41) is 11.2. The minimum Gasteiger partial charge on any atom is -0.495 e. The summed E-state index contributed by atoms with van der Waals surface area (Å²) in [6, 6.07) is 3.20. The van der Waals surface area contributed by atoms with Gasteiger partial charge in [-0.1, -0.05) is 49.2 Å². The van der Waals surface area contributed by atoms with Crippen LogP contribution in [0.3, 0.4) is 0 Å². The molecule has 3 unspecified atom stereocenters. The zero-order chi connectivity index (χ0) is 28.2. The summed E-state index contributed by atoms with van der Waals surface area (Å²) in [6.07, 6.45) is 5.45. The van der Waals surface area contributed by atoms with E-state index in [4.69, 9.17) is 42.1 Å². The maximum absolute atomic E-state index is 13.6. The predicted molar refractivity (Wildman–Crippen MR) is 147 cm³/mol. The smallest absolute Gasteiger partial charge is 0.346 e. The van der Waals surface area contributed by atoms with Crippen molar-refractivity contribution in [2.75, 3.05) is 7.11 Å². The summed E-state index contributed by atoms with van der Waals surface area (Å²) in [4.78, 5) is 26.8. The molecule has 0 saturated heterocycles. The van der Waals surface area contributed by atoms with Gasteiger partial charge in [-0.2, -0.15) is 0 Å². The van der Waals surface area contributed by atoms with Gasteiger partial charge in [-0.3, -0.25) is 4.79 Å². The lowest BCUT2D eigenvalue weighted by atomic mass is 9.78. The third-order valence-corrected chi connectivity index (χ3v) is 9.08. The Balaban J connectivity index is 1.61. The van der Waals surface area contributed by atoms with Crippen LogP contribution in [0, 0.1) is 30.1 Å². The second-order valence-corrected chi connectivity index (χ2v) is 12.0. The van der Waals surface area contributed by atoms with Gasteiger partial charge in [-0.25, -0.2) is 4.79 Å². The fourth-order valence-electron chi connectivity index (χ4n) is 5.93. The van der Waals surface area contributed by atoms with E-state index in [-0.39, 0.29) is 57.0 Å². The van der Waals surface area contributed by atoms with E-state index < -0.39 is 23.5 Å². The number of allylic oxidation sites excluding steroid dienone is 2. The van der Waals surface area contributed by atoms with E-state index in [1.54, 1.807) is 19.1 Å². The first-order valence-electron chi connectivity index (χ1n) is 13.1. The number of benzene rings is 2. The number of methoxy groups -OCH3 is 1. The number of hydrogen-bond donors (Lipinski definition) is 1. The summed E-state index contributed by atoms with van der Waals surface area (Å²) < 4.78 is 23.5. The van der Waals surface area contributed by atoms with E-state index >= 15 is 0 Å². The highest BCUT2D eigenvalue weighted by Gasteiger charge is 2.51. The third-order valence-electron chi connectivity index (χ3n) is 8.11. The Kier molecular flexibility index (Phi) is 7.38. The highest BCUT2D eigenvalue weighted by molar-refractivity contribution is 6.38. The molecule has 0 spiro atoms. The Hall–Kier alpha value is -2.74. The molecular formula is C30H32Cl2O7.